The van der Waals surface area contributed by atoms with E-state index in [0.717, 1.165) is 35.4 Å². The molecule has 2 atom stereocenters. The minimum absolute atomic E-state index is 0.102. The number of hydrogen-bond acceptors (Lipinski definition) is 2. The van der Waals surface area contributed by atoms with Crippen molar-refractivity contribution >= 4 is 23.6 Å². The van der Waals surface area contributed by atoms with Crippen LogP contribution in [-0.4, -0.2) is 15.7 Å². The highest BCUT2D eigenvalue weighted by atomic mass is 35.5. The molecule has 30 heavy (non-hydrogen) atoms. The summed E-state index contributed by atoms with van der Waals surface area (Å²) in [6, 6.07) is 17.6. The second-order valence-corrected chi connectivity index (χ2v) is 8.91. The Bertz CT molecular complexity index is 1060. The molecule has 1 aliphatic carbocycles. The minimum atomic E-state index is -0.102. The molecule has 154 valence electrons. The van der Waals surface area contributed by atoms with E-state index in [1.165, 1.54) is 5.56 Å². The van der Waals surface area contributed by atoms with Crippen LogP contribution >= 0.6 is 11.6 Å². The van der Waals surface area contributed by atoms with Gasteiger partial charge in [-0.2, -0.15) is 5.10 Å². The number of carbonyl (C=O) groups is 1. The quantitative estimate of drug-likeness (QED) is 0.420. The predicted octanol–water partition coefficient (Wildman–Crippen LogP) is 7.19. The third kappa shape index (κ3) is 3.99. The van der Waals surface area contributed by atoms with Gasteiger partial charge < -0.3 is 0 Å². The Morgan fingerprint density at radius 2 is 1.80 bits per heavy atom. The number of nitrogens with zero attached hydrogens (tertiary/aromatic N) is 2. The highest BCUT2D eigenvalue weighted by Gasteiger charge is 2.35. The molecule has 0 fully saturated rings. The molecule has 2 aromatic carbocycles. The van der Waals surface area contributed by atoms with Gasteiger partial charge in [-0.05, 0) is 48.4 Å². The van der Waals surface area contributed by atoms with Gasteiger partial charge in [-0.25, -0.2) is 4.68 Å². The van der Waals surface area contributed by atoms with Gasteiger partial charge in [0.05, 0.1) is 11.4 Å². The van der Waals surface area contributed by atoms with Gasteiger partial charge in [0.15, 0.2) is 0 Å². The number of benzene rings is 2. The van der Waals surface area contributed by atoms with Crippen molar-refractivity contribution in [1.29, 1.82) is 0 Å². The Balaban J connectivity index is 1.83. The van der Waals surface area contributed by atoms with Crippen LogP contribution in [0, 0.1) is 5.92 Å². The zero-order valence-electron chi connectivity index (χ0n) is 17.7. The summed E-state index contributed by atoms with van der Waals surface area (Å²) in [5.41, 5.74) is 5.20. The summed E-state index contributed by atoms with van der Waals surface area (Å²) < 4.78 is 1.65. The summed E-state index contributed by atoms with van der Waals surface area (Å²) >= 11 is 6.10. The predicted molar refractivity (Wildman–Crippen MR) is 124 cm³/mol. The average molecular weight is 419 g/mol. The molecule has 1 heterocycles. The first-order valence-electron chi connectivity index (χ1n) is 10.6. The van der Waals surface area contributed by atoms with E-state index in [9.17, 15) is 4.79 Å². The fourth-order valence-corrected chi connectivity index (χ4v) is 4.56. The fraction of sp³-hybridized carbons (Fsp3) is 0.308. The van der Waals surface area contributed by atoms with Crippen molar-refractivity contribution in [2.24, 2.45) is 5.92 Å². The number of allylic oxidation sites excluding steroid dienone is 1. The molecular weight excluding hydrogens is 392 g/mol. The van der Waals surface area contributed by atoms with E-state index in [1.54, 1.807) is 10.8 Å². The second kappa shape index (κ2) is 8.61. The van der Waals surface area contributed by atoms with Gasteiger partial charge in [0.2, 0.25) is 0 Å². The maximum absolute atomic E-state index is 13.3. The Morgan fingerprint density at radius 1 is 1.10 bits per heavy atom. The van der Waals surface area contributed by atoms with E-state index in [-0.39, 0.29) is 5.91 Å². The van der Waals surface area contributed by atoms with Crippen molar-refractivity contribution in [1.82, 2.24) is 9.78 Å². The zero-order chi connectivity index (χ0) is 21.3. The summed E-state index contributed by atoms with van der Waals surface area (Å²) in [7, 11) is 0. The number of aromatic nitrogens is 2. The van der Waals surface area contributed by atoms with E-state index in [4.69, 9.17) is 16.7 Å². The molecule has 0 spiro atoms. The number of hydrogen-bond donors (Lipinski definition) is 0. The largest absolute Gasteiger partial charge is 0.271 e. The molecule has 4 rings (SSSR count). The summed E-state index contributed by atoms with van der Waals surface area (Å²) in [5, 5.41) is 5.56. The molecule has 0 saturated carbocycles. The van der Waals surface area contributed by atoms with Gasteiger partial charge in [0, 0.05) is 28.1 Å². The molecule has 1 aliphatic rings. The average Bonchev–Trinajstić information content (AvgIpc) is 3.15. The Kier molecular flexibility index (Phi) is 5.92. The Labute approximate surface area is 183 Å². The molecule has 0 unspecified atom stereocenters. The van der Waals surface area contributed by atoms with Crippen molar-refractivity contribution in [3.05, 3.63) is 82.5 Å². The zero-order valence-corrected chi connectivity index (χ0v) is 18.4. The monoisotopic (exact) mass is 418 g/mol. The molecule has 0 aliphatic heterocycles. The number of carbonyl (C=O) groups excluding carboxylic acids is 1. The number of rotatable bonds is 4. The molecule has 4 heteroatoms. The molecule has 0 saturated heterocycles. The van der Waals surface area contributed by atoms with Crippen LogP contribution < -0.4 is 0 Å². The summed E-state index contributed by atoms with van der Waals surface area (Å²) in [6.45, 7) is 6.70. The first-order valence-corrected chi connectivity index (χ1v) is 11.0. The molecule has 1 aromatic heterocycles. The molecule has 0 N–H and O–H groups in total. The molecule has 3 aromatic rings. The highest BCUT2D eigenvalue weighted by Crippen LogP contribution is 2.46. The molecule has 0 amide bonds. The van der Waals surface area contributed by atoms with Crippen LogP contribution in [0.3, 0.4) is 0 Å². The van der Waals surface area contributed by atoms with Crippen LogP contribution in [0.5, 0.6) is 0 Å². The standard InChI is InChI=1S/C26H27ClN2O/c1-17(2)22-15-9-18(3)24-25(20-11-13-21(27)14-12-20)28-29(26(22)24)23(30)16-10-19-7-5-4-6-8-19/h4-8,10-14,16-18,22H,9,15H2,1-3H3/b16-10+/t18-,22-/m1/s1. The van der Waals surface area contributed by atoms with Crippen molar-refractivity contribution in [3.63, 3.8) is 0 Å². The minimum Gasteiger partial charge on any atom is -0.267 e. The van der Waals surface area contributed by atoms with Crippen molar-refractivity contribution in [2.75, 3.05) is 0 Å². The van der Waals surface area contributed by atoms with Gasteiger partial charge >= 0.3 is 0 Å². The number of halogens is 1. The smallest absolute Gasteiger partial charge is 0.267 e. The van der Waals surface area contributed by atoms with Crippen LogP contribution in [0.2, 0.25) is 5.02 Å². The van der Waals surface area contributed by atoms with Crippen molar-refractivity contribution in [3.8, 4) is 11.3 Å². The third-order valence-corrected chi connectivity index (χ3v) is 6.32. The maximum Gasteiger partial charge on any atom is 0.271 e. The normalized spacial score (nSPS) is 18.7. The van der Waals surface area contributed by atoms with Gasteiger partial charge in [0.25, 0.3) is 5.91 Å². The lowest BCUT2D eigenvalue weighted by molar-refractivity contribution is 0.0947. The van der Waals surface area contributed by atoms with E-state index >= 15 is 0 Å². The fourth-order valence-electron chi connectivity index (χ4n) is 4.44. The van der Waals surface area contributed by atoms with Crippen LogP contribution in [-0.2, 0) is 0 Å². The van der Waals surface area contributed by atoms with E-state index in [0.29, 0.717) is 22.8 Å². The second-order valence-electron chi connectivity index (χ2n) is 8.48. The lowest BCUT2D eigenvalue weighted by Gasteiger charge is -2.30. The van der Waals surface area contributed by atoms with Gasteiger partial charge in [-0.1, -0.05) is 74.8 Å². The van der Waals surface area contributed by atoms with Crippen molar-refractivity contribution < 1.29 is 4.79 Å². The topological polar surface area (TPSA) is 34.9 Å². The Hall–Kier alpha value is -2.65. The third-order valence-electron chi connectivity index (χ3n) is 6.06. The van der Waals surface area contributed by atoms with Gasteiger partial charge in [-0.15, -0.1) is 0 Å². The van der Waals surface area contributed by atoms with Gasteiger partial charge in [-0.3, -0.25) is 4.79 Å². The van der Waals surface area contributed by atoms with E-state index in [1.807, 2.05) is 60.7 Å². The van der Waals surface area contributed by atoms with E-state index < -0.39 is 0 Å². The van der Waals surface area contributed by atoms with Crippen LogP contribution in [0.15, 0.2) is 60.7 Å². The summed E-state index contributed by atoms with van der Waals surface area (Å²) in [6.07, 6.45) is 5.67. The van der Waals surface area contributed by atoms with Crippen molar-refractivity contribution in [2.45, 2.75) is 45.4 Å². The Morgan fingerprint density at radius 3 is 2.47 bits per heavy atom. The van der Waals surface area contributed by atoms with Gasteiger partial charge in [0.1, 0.15) is 0 Å². The lowest BCUT2D eigenvalue weighted by atomic mass is 9.75. The van der Waals surface area contributed by atoms with Crippen LogP contribution in [0.1, 0.15) is 67.1 Å². The molecular formula is C26H27ClN2O. The van der Waals surface area contributed by atoms with Crippen LogP contribution in [0.4, 0.5) is 0 Å². The first-order chi connectivity index (χ1) is 14.5. The molecule has 3 nitrogen and oxygen atoms in total. The summed E-state index contributed by atoms with van der Waals surface area (Å²) in [4.78, 5) is 13.3. The van der Waals surface area contributed by atoms with Crippen LogP contribution in [0.25, 0.3) is 17.3 Å². The molecule has 0 bridgehead atoms. The highest BCUT2D eigenvalue weighted by molar-refractivity contribution is 6.30. The first kappa shape index (κ1) is 20.6. The maximum atomic E-state index is 13.3. The lowest BCUT2D eigenvalue weighted by Crippen LogP contribution is -2.23. The SMILES string of the molecule is CC(C)[C@H]1CC[C@@H](C)c2c(-c3ccc(Cl)cc3)nn(C(=O)/C=C/c3ccccc3)c21. The summed E-state index contributed by atoms with van der Waals surface area (Å²) in [5.74, 6) is 1.02. The molecule has 0 radical (unpaired) electrons. The van der Waals surface area contributed by atoms with E-state index in [2.05, 4.69) is 20.8 Å². The number of fused-ring (bicyclic) bond motifs is 1.